The minimum absolute atomic E-state index is 0.0514. The fraction of sp³-hybridized carbons (Fsp3) is 0.333. The van der Waals surface area contributed by atoms with Crippen LogP contribution in [0.4, 0.5) is 4.39 Å². The molecule has 0 fully saturated rings. The summed E-state index contributed by atoms with van der Waals surface area (Å²) < 4.78 is 18.4. The van der Waals surface area contributed by atoms with Gasteiger partial charge in [-0.25, -0.2) is 4.39 Å². The number of hydrogen-bond acceptors (Lipinski definition) is 3. The van der Waals surface area contributed by atoms with Gasteiger partial charge in [-0.2, -0.15) is 0 Å². The first-order chi connectivity index (χ1) is 11.1. The van der Waals surface area contributed by atoms with Crippen molar-refractivity contribution in [2.45, 2.75) is 26.3 Å². The van der Waals surface area contributed by atoms with Crippen LogP contribution in [-0.2, 0) is 19.4 Å². The largest absolute Gasteiger partial charge is 0.494 e. The maximum atomic E-state index is 13.0. The predicted molar refractivity (Wildman–Crippen MR) is 85.0 cm³/mol. The summed E-state index contributed by atoms with van der Waals surface area (Å²) in [5.41, 5.74) is 3.47. The van der Waals surface area contributed by atoms with Gasteiger partial charge in [0.05, 0.1) is 18.9 Å². The lowest BCUT2D eigenvalue weighted by atomic mass is 9.95. The predicted octanol–water partition coefficient (Wildman–Crippen LogP) is 2.99. The smallest absolute Gasteiger partial charge is 0.258 e. The third-order valence-electron chi connectivity index (χ3n) is 4.21. The molecule has 5 heteroatoms. The van der Waals surface area contributed by atoms with Crippen molar-refractivity contribution in [1.29, 1.82) is 0 Å². The van der Waals surface area contributed by atoms with Crippen LogP contribution >= 0.6 is 0 Å². The fourth-order valence-corrected chi connectivity index (χ4v) is 3.00. The average molecular weight is 314 g/mol. The van der Waals surface area contributed by atoms with E-state index in [1.807, 2.05) is 6.92 Å². The molecule has 2 heterocycles. The maximum Gasteiger partial charge on any atom is 0.258 e. The van der Waals surface area contributed by atoms with Crippen molar-refractivity contribution < 1.29 is 13.9 Å². The summed E-state index contributed by atoms with van der Waals surface area (Å²) in [5.74, 6) is 0.194. The summed E-state index contributed by atoms with van der Waals surface area (Å²) >= 11 is 0. The molecule has 0 radical (unpaired) electrons. The molecule has 0 saturated carbocycles. The number of pyridine rings is 1. The van der Waals surface area contributed by atoms with Crippen LogP contribution in [0.15, 0.2) is 30.5 Å². The van der Waals surface area contributed by atoms with Crippen LogP contribution < -0.4 is 4.74 Å². The third kappa shape index (κ3) is 2.91. The van der Waals surface area contributed by atoms with Gasteiger partial charge in [0.2, 0.25) is 0 Å². The van der Waals surface area contributed by atoms with Crippen molar-refractivity contribution >= 4 is 5.91 Å². The van der Waals surface area contributed by atoms with E-state index in [-0.39, 0.29) is 11.7 Å². The lowest BCUT2D eigenvalue weighted by Gasteiger charge is -2.30. The minimum atomic E-state index is -0.274. The second-order valence-corrected chi connectivity index (χ2v) is 5.58. The normalized spacial score (nSPS) is 13.9. The van der Waals surface area contributed by atoms with Crippen LogP contribution in [0.1, 0.15) is 34.1 Å². The summed E-state index contributed by atoms with van der Waals surface area (Å²) in [6.07, 6.45) is 3.17. The van der Waals surface area contributed by atoms with Crippen LogP contribution in [0.2, 0.25) is 0 Å². The van der Waals surface area contributed by atoms with E-state index in [2.05, 4.69) is 4.98 Å². The maximum absolute atomic E-state index is 13.0. The number of hydrogen-bond donors (Lipinski definition) is 0. The number of aryl methyl sites for hydroxylation is 1. The Kier molecular flexibility index (Phi) is 4.28. The monoisotopic (exact) mass is 314 g/mol. The Bertz CT molecular complexity index is 729. The Morgan fingerprint density at radius 1 is 1.30 bits per heavy atom. The molecule has 23 heavy (non-hydrogen) atoms. The number of carbonyl (C=O) groups excluding carboxylic acids is 1. The number of rotatable bonds is 4. The Labute approximate surface area is 134 Å². The van der Waals surface area contributed by atoms with Crippen LogP contribution in [-0.4, -0.2) is 29.4 Å². The van der Waals surface area contributed by atoms with E-state index in [0.717, 1.165) is 29.7 Å². The number of carbonyl (C=O) groups is 1. The van der Waals surface area contributed by atoms with Crippen molar-refractivity contribution in [3.05, 3.63) is 58.7 Å². The van der Waals surface area contributed by atoms with E-state index >= 15 is 0 Å². The standard InChI is InChI=1S/C18H19FN2O2/c1-3-15-14-8-9-21(11-12-4-6-13(19)7-5-12)18(22)17(14)16(23-2)10-20-15/h4-7,10H,3,8-9,11H2,1-2H3. The highest BCUT2D eigenvalue weighted by Gasteiger charge is 2.29. The van der Waals surface area contributed by atoms with Gasteiger partial charge in [0.1, 0.15) is 11.6 Å². The van der Waals surface area contributed by atoms with Crippen LogP contribution in [0.5, 0.6) is 5.75 Å². The number of fused-ring (bicyclic) bond motifs is 1. The van der Waals surface area contributed by atoms with Crippen molar-refractivity contribution in [2.24, 2.45) is 0 Å². The van der Waals surface area contributed by atoms with E-state index in [0.29, 0.717) is 24.4 Å². The number of amides is 1. The molecule has 0 atom stereocenters. The first-order valence-electron chi connectivity index (χ1n) is 7.72. The van der Waals surface area contributed by atoms with Gasteiger partial charge in [0.15, 0.2) is 0 Å². The van der Waals surface area contributed by atoms with Gasteiger partial charge in [-0.15, -0.1) is 0 Å². The number of benzene rings is 1. The van der Waals surface area contributed by atoms with E-state index < -0.39 is 0 Å². The van der Waals surface area contributed by atoms with Crippen LogP contribution in [0.3, 0.4) is 0 Å². The molecule has 1 aliphatic heterocycles. The van der Waals surface area contributed by atoms with Gasteiger partial charge in [0, 0.05) is 18.8 Å². The molecule has 0 spiro atoms. The molecule has 0 bridgehead atoms. The van der Waals surface area contributed by atoms with E-state index in [9.17, 15) is 9.18 Å². The number of ether oxygens (including phenoxy) is 1. The first-order valence-corrected chi connectivity index (χ1v) is 7.72. The second-order valence-electron chi connectivity index (χ2n) is 5.58. The number of halogens is 1. The molecule has 0 aliphatic carbocycles. The zero-order valence-electron chi connectivity index (χ0n) is 13.3. The van der Waals surface area contributed by atoms with Crippen LogP contribution in [0, 0.1) is 5.82 Å². The fourth-order valence-electron chi connectivity index (χ4n) is 3.00. The number of aromatic nitrogens is 1. The number of nitrogens with zero attached hydrogens (tertiary/aromatic N) is 2. The molecule has 1 aliphatic rings. The lowest BCUT2D eigenvalue weighted by molar-refractivity contribution is 0.0722. The van der Waals surface area contributed by atoms with Gasteiger partial charge < -0.3 is 9.64 Å². The Morgan fingerprint density at radius 2 is 2.04 bits per heavy atom. The summed E-state index contributed by atoms with van der Waals surface area (Å²) in [7, 11) is 1.55. The Morgan fingerprint density at radius 3 is 2.70 bits per heavy atom. The zero-order valence-corrected chi connectivity index (χ0v) is 13.3. The lowest BCUT2D eigenvalue weighted by Crippen LogP contribution is -2.38. The molecule has 3 rings (SSSR count). The summed E-state index contributed by atoms with van der Waals surface area (Å²) in [4.78, 5) is 19.1. The van der Waals surface area contributed by atoms with Crippen molar-refractivity contribution in [1.82, 2.24) is 9.88 Å². The Balaban J connectivity index is 1.92. The molecule has 1 amide bonds. The first kappa shape index (κ1) is 15.5. The SMILES string of the molecule is CCc1ncc(OC)c2c1CCN(Cc1ccc(F)cc1)C2=O. The summed E-state index contributed by atoms with van der Waals surface area (Å²) in [5, 5.41) is 0. The molecule has 1 aromatic carbocycles. The van der Waals surface area contributed by atoms with Gasteiger partial charge in [-0.3, -0.25) is 9.78 Å². The van der Waals surface area contributed by atoms with Crippen molar-refractivity contribution in [2.75, 3.05) is 13.7 Å². The van der Waals surface area contributed by atoms with Crippen molar-refractivity contribution in [3.63, 3.8) is 0 Å². The molecule has 4 nitrogen and oxygen atoms in total. The molecule has 1 aromatic heterocycles. The molecule has 2 aromatic rings. The average Bonchev–Trinajstić information content (AvgIpc) is 2.58. The molecular formula is C18H19FN2O2. The highest BCUT2D eigenvalue weighted by molar-refractivity contribution is 5.99. The summed E-state index contributed by atoms with van der Waals surface area (Å²) in [6.45, 7) is 3.13. The van der Waals surface area contributed by atoms with Gasteiger partial charge >= 0.3 is 0 Å². The number of methoxy groups -OCH3 is 1. The van der Waals surface area contributed by atoms with Gasteiger partial charge in [-0.05, 0) is 36.1 Å². The highest BCUT2D eigenvalue weighted by atomic mass is 19.1. The topological polar surface area (TPSA) is 42.4 Å². The minimum Gasteiger partial charge on any atom is -0.494 e. The second kappa shape index (κ2) is 6.36. The quantitative estimate of drug-likeness (QED) is 0.871. The van der Waals surface area contributed by atoms with E-state index in [1.165, 1.54) is 12.1 Å². The molecule has 0 unspecified atom stereocenters. The highest BCUT2D eigenvalue weighted by Crippen LogP contribution is 2.30. The molecule has 0 saturated heterocycles. The van der Waals surface area contributed by atoms with Crippen molar-refractivity contribution in [3.8, 4) is 5.75 Å². The molecule has 0 N–H and O–H groups in total. The van der Waals surface area contributed by atoms with Gasteiger partial charge in [-0.1, -0.05) is 19.1 Å². The van der Waals surface area contributed by atoms with E-state index in [4.69, 9.17) is 4.74 Å². The van der Waals surface area contributed by atoms with Crippen LogP contribution in [0.25, 0.3) is 0 Å². The molecule has 120 valence electrons. The zero-order chi connectivity index (χ0) is 16.4. The molecular weight excluding hydrogens is 295 g/mol. The third-order valence-corrected chi connectivity index (χ3v) is 4.21. The van der Waals surface area contributed by atoms with Gasteiger partial charge in [0.25, 0.3) is 5.91 Å². The van der Waals surface area contributed by atoms with E-state index in [1.54, 1.807) is 30.3 Å². The Hall–Kier alpha value is -2.43. The summed E-state index contributed by atoms with van der Waals surface area (Å²) in [6, 6.07) is 6.24.